The highest BCUT2D eigenvalue weighted by Crippen LogP contribution is 2.28. The van der Waals surface area contributed by atoms with E-state index in [2.05, 4.69) is 6.58 Å². The molecule has 9 heteroatoms. The molecule has 0 aromatic heterocycles. The summed E-state index contributed by atoms with van der Waals surface area (Å²) in [5, 5.41) is 9.25. The molecule has 2 aromatic rings. The molecule has 0 aliphatic carbocycles. The van der Waals surface area contributed by atoms with Crippen molar-refractivity contribution in [3.63, 3.8) is 0 Å². The maximum Gasteiger partial charge on any atom is 0.340 e. The van der Waals surface area contributed by atoms with Crippen LogP contribution in [-0.2, 0) is 14.8 Å². The molecule has 0 saturated heterocycles. The molecule has 0 aliphatic heterocycles. The molecule has 146 valence electrons. The molecule has 28 heavy (non-hydrogen) atoms. The van der Waals surface area contributed by atoms with E-state index in [-0.39, 0.29) is 22.0 Å². The highest BCUT2D eigenvalue weighted by molar-refractivity contribution is 7.92. The predicted octanol–water partition coefficient (Wildman–Crippen LogP) is 4.44. The van der Waals surface area contributed by atoms with Gasteiger partial charge < -0.3 is 4.74 Å². The van der Waals surface area contributed by atoms with Gasteiger partial charge in [-0.3, -0.25) is 4.31 Å². The van der Waals surface area contributed by atoms with Gasteiger partial charge in [0, 0.05) is 5.02 Å². The smallest absolute Gasteiger partial charge is 0.340 e. The average Bonchev–Trinajstić information content (AvgIpc) is 2.66. The van der Waals surface area contributed by atoms with E-state index >= 15 is 0 Å². The maximum absolute atomic E-state index is 13.2. The van der Waals surface area contributed by atoms with Crippen LogP contribution in [0.25, 0.3) is 0 Å². The van der Waals surface area contributed by atoms with Crippen molar-refractivity contribution in [1.82, 2.24) is 0 Å². The van der Waals surface area contributed by atoms with Crippen LogP contribution in [0, 0.1) is 11.3 Å². The van der Waals surface area contributed by atoms with Crippen molar-refractivity contribution in [1.29, 1.82) is 5.26 Å². The molecule has 0 radical (unpaired) electrons. The van der Waals surface area contributed by atoms with E-state index in [1.165, 1.54) is 25.1 Å². The normalized spacial score (nSPS) is 11.9. The molecule has 6 nitrogen and oxygen atoms in total. The summed E-state index contributed by atoms with van der Waals surface area (Å²) in [6.45, 7) is 4.98. The zero-order valence-electron chi connectivity index (χ0n) is 14.8. The van der Waals surface area contributed by atoms with Gasteiger partial charge in [-0.05, 0) is 49.4 Å². The Morgan fingerprint density at radius 2 is 1.93 bits per heavy atom. The van der Waals surface area contributed by atoms with E-state index in [0.29, 0.717) is 10.7 Å². The second kappa shape index (κ2) is 9.11. The number of nitrogens with zero attached hydrogens (tertiary/aromatic N) is 2. The number of hydrogen-bond donors (Lipinski definition) is 0. The Morgan fingerprint density at radius 3 is 2.50 bits per heavy atom. The van der Waals surface area contributed by atoms with Gasteiger partial charge in [0.1, 0.15) is 6.07 Å². The topological polar surface area (TPSA) is 87.5 Å². The van der Waals surface area contributed by atoms with Crippen LogP contribution in [0.2, 0.25) is 10.0 Å². The number of benzene rings is 2. The summed E-state index contributed by atoms with van der Waals surface area (Å²) in [5.41, 5.74) is 0.223. The molecule has 0 bridgehead atoms. The molecule has 0 saturated carbocycles. The SMILES string of the molecule is C=CCN(c1ccc(Cl)cc1)S(=O)(=O)c1ccc(Cl)c(C(=O)O[C@H](C)C#N)c1. The third kappa shape index (κ3) is 4.84. The minimum atomic E-state index is -4.05. The van der Waals surface area contributed by atoms with Gasteiger partial charge in [-0.2, -0.15) is 5.26 Å². The van der Waals surface area contributed by atoms with Crippen LogP contribution in [0.15, 0.2) is 60.0 Å². The molecule has 0 spiro atoms. The van der Waals surface area contributed by atoms with E-state index in [0.717, 1.165) is 10.4 Å². The van der Waals surface area contributed by atoms with Crippen LogP contribution in [-0.4, -0.2) is 27.0 Å². The van der Waals surface area contributed by atoms with Gasteiger partial charge in [-0.15, -0.1) is 6.58 Å². The molecular weight excluding hydrogens is 423 g/mol. The number of sulfonamides is 1. The van der Waals surface area contributed by atoms with Crippen LogP contribution < -0.4 is 4.31 Å². The zero-order chi connectivity index (χ0) is 20.9. The third-order valence-electron chi connectivity index (χ3n) is 3.62. The summed E-state index contributed by atoms with van der Waals surface area (Å²) >= 11 is 11.9. The minimum absolute atomic E-state index is 0.00214. The lowest BCUT2D eigenvalue weighted by Gasteiger charge is -2.23. The lowest BCUT2D eigenvalue weighted by atomic mass is 10.2. The number of anilines is 1. The Kier molecular flexibility index (Phi) is 7.08. The average molecular weight is 439 g/mol. The number of carbonyl (C=O) groups is 1. The summed E-state index contributed by atoms with van der Waals surface area (Å²) in [4.78, 5) is 12.1. The Labute approximate surface area is 173 Å². The Hall–Kier alpha value is -2.53. The van der Waals surface area contributed by atoms with Crippen LogP contribution in [0.1, 0.15) is 17.3 Å². The van der Waals surface area contributed by atoms with Gasteiger partial charge in [0.25, 0.3) is 10.0 Å². The number of halogens is 2. The second-order valence-corrected chi connectivity index (χ2v) is 8.33. The fraction of sp³-hybridized carbons (Fsp3) is 0.158. The van der Waals surface area contributed by atoms with Crippen LogP contribution >= 0.6 is 23.2 Å². The number of esters is 1. The van der Waals surface area contributed by atoms with Crippen molar-refractivity contribution < 1.29 is 17.9 Å². The number of ether oxygens (including phenoxy) is 1. The molecule has 0 unspecified atom stereocenters. The standard InChI is InChI=1S/C19H16Cl2N2O4S/c1-3-10-23(15-6-4-14(20)5-7-15)28(25,26)16-8-9-18(21)17(11-16)19(24)27-13(2)12-22/h3-9,11,13H,1,10H2,2H3/t13-/m1/s1. The largest absolute Gasteiger partial charge is 0.444 e. The summed E-state index contributed by atoms with van der Waals surface area (Å²) in [6, 6.07) is 11.7. The van der Waals surface area contributed by atoms with Gasteiger partial charge in [0.15, 0.2) is 6.10 Å². The van der Waals surface area contributed by atoms with E-state index < -0.39 is 22.1 Å². The van der Waals surface area contributed by atoms with Crippen molar-refractivity contribution in [3.05, 3.63) is 70.7 Å². The fourth-order valence-corrected chi connectivity index (χ4v) is 4.05. The lowest BCUT2D eigenvalue weighted by molar-refractivity contribution is 0.0435. The highest BCUT2D eigenvalue weighted by atomic mass is 35.5. The number of hydrogen-bond acceptors (Lipinski definition) is 5. The number of rotatable bonds is 7. The van der Waals surface area contributed by atoms with Gasteiger partial charge in [-0.1, -0.05) is 29.3 Å². The quantitative estimate of drug-likeness (QED) is 0.470. The van der Waals surface area contributed by atoms with Crippen LogP contribution in [0.5, 0.6) is 0 Å². The van der Waals surface area contributed by atoms with Crippen molar-refractivity contribution in [2.45, 2.75) is 17.9 Å². The Bertz CT molecular complexity index is 1030. The maximum atomic E-state index is 13.2. The van der Waals surface area contributed by atoms with Crippen molar-refractivity contribution in [2.75, 3.05) is 10.8 Å². The third-order valence-corrected chi connectivity index (χ3v) is 5.99. The lowest BCUT2D eigenvalue weighted by Crippen LogP contribution is -2.31. The molecule has 1 atom stereocenters. The van der Waals surface area contributed by atoms with Crippen LogP contribution in [0.4, 0.5) is 5.69 Å². The van der Waals surface area contributed by atoms with E-state index in [9.17, 15) is 13.2 Å². The second-order valence-electron chi connectivity index (χ2n) is 5.62. The van der Waals surface area contributed by atoms with E-state index in [4.69, 9.17) is 33.2 Å². The minimum Gasteiger partial charge on any atom is -0.444 e. The van der Waals surface area contributed by atoms with Gasteiger partial charge >= 0.3 is 5.97 Å². The fourth-order valence-electron chi connectivity index (χ4n) is 2.27. The van der Waals surface area contributed by atoms with Crippen molar-refractivity contribution in [3.8, 4) is 6.07 Å². The monoisotopic (exact) mass is 438 g/mol. The van der Waals surface area contributed by atoms with Gasteiger partial charge in [-0.25, -0.2) is 13.2 Å². The zero-order valence-corrected chi connectivity index (χ0v) is 17.1. The number of nitriles is 1. The molecule has 0 heterocycles. The summed E-state index contributed by atoms with van der Waals surface area (Å²) < 4.78 is 32.4. The first-order valence-corrected chi connectivity index (χ1v) is 10.2. The summed E-state index contributed by atoms with van der Waals surface area (Å²) in [6.07, 6.45) is 0.432. The van der Waals surface area contributed by atoms with Crippen molar-refractivity contribution >= 4 is 44.9 Å². The molecule has 0 aliphatic rings. The van der Waals surface area contributed by atoms with Crippen LogP contribution in [0.3, 0.4) is 0 Å². The molecule has 2 aromatic carbocycles. The van der Waals surface area contributed by atoms with Gasteiger partial charge in [0.2, 0.25) is 0 Å². The molecule has 0 N–H and O–H groups in total. The molecule has 0 amide bonds. The first kappa shape index (κ1) is 21.8. The van der Waals surface area contributed by atoms with E-state index in [1.54, 1.807) is 30.3 Å². The summed E-state index contributed by atoms with van der Waals surface area (Å²) in [7, 11) is -4.05. The van der Waals surface area contributed by atoms with E-state index in [1.807, 2.05) is 0 Å². The first-order valence-electron chi connectivity index (χ1n) is 8.00. The van der Waals surface area contributed by atoms with Gasteiger partial charge in [0.05, 0.1) is 27.7 Å². The highest BCUT2D eigenvalue weighted by Gasteiger charge is 2.26. The number of carbonyl (C=O) groups excluding carboxylic acids is 1. The Morgan fingerprint density at radius 1 is 1.29 bits per heavy atom. The van der Waals surface area contributed by atoms with Crippen molar-refractivity contribution in [2.24, 2.45) is 0 Å². The predicted molar refractivity (Wildman–Crippen MR) is 108 cm³/mol. The Balaban J connectivity index is 2.50. The molecule has 0 fully saturated rings. The first-order chi connectivity index (χ1) is 13.2. The molecular formula is C19H16Cl2N2O4S. The summed E-state index contributed by atoms with van der Waals surface area (Å²) in [5.74, 6) is -0.891. The molecule has 2 rings (SSSR count).